The van der Waals surface area contributed by atoms with E-state index in [4.69, 9.17) is 16.3 Å². The second-order valence-corrected chi connectivity index (χ2v) is 8.60. The minimum absolute atomic E-state index is 0.000903. The van der Waals surface area contributed by atoms with Crippen LogP contribution in [0.5, 0.6) is 5.75 Å². The van der Waals surface area contributed by atoms with Gasteiger partial charge in [-0.25, -0.2) is 9.18 Å². The number of hydrogen-bond donors (Lipinski definition) is 2. The number of hydrogen-bond acceptors (Lipinski definition) is 2. The van der Waals surface area contributed by atoms with E-state index in [1.807, 2.05) is 0 Å². The number of nitrogens with one attached hydrogen (secondary N) is 2. The van der Waals surface area contributed by atoms with Gasteiger partial charge in [-0.3, -0.25) is 4.90 Å². The number of nitrogens with zero attached hydrogens (tertiary/aromatic N) is 1. The van der Waals surface area contributed by atoms with Gasteiger partial charge >= 0.3 is 12.2 Å². The molecule has 35 heavy (non-hydrogen) atoms. The molecule has 3 aromatic carbocycles. The maximum atomic E-state index is 15.0. The van der Waals surface area contributed by atoms with Crippen molar-refractivity contribution >= 4 is 34.2 Å². The summed E-state index contributed by atoms with van der Waals surface area (Å²) >= 11 is 6.16. The van der Waals surface area contributed by atoms with E-state index in [-0.39, 0.29) is 33.8 Å². The third-order valence-corrected chi connectivity index (χ3v) is 6.40. The Hall–Kier alpha value is -3.72. The number of anilines is 1. The standard InChI is InChI=1S/C25H18ClF4N3O2/c1-35-17-6-2-14(3-7-17)13-33-22-9-4-15(26)10-19(22)24(25(28,29)30,32-23(33)34)20-12-31-21-8-5-16(27)11-18(20)21/h2-12,31H,13H2,1H3,(H,32,34)/t24-/m0/s1. The van der Waals surface area contributed by atoms with Gasteiger partial charge < -0.3 is 15.0 Å². The highest BCUT2D eigenvalue weighted by molar-refractivity contribution is 6.30. The molecule has 1 atom stereocenters. The van der Waals surface area contributed by atoms with Crippen molar-refractivity contribution in [1.82, 2.24) is 10.3 Å². The van der Waals surface area contributed by atoms with Gasteiger partial charge in [0.1, 0.15) is 11.6 Å². The number of methoxy groups -OCH3 is 1. The van der Waals surface area contributed by atoms with Gasteiger partial charge in [-0.05, 0) is 54.1 Å². The van der Waals surface area contributed by atoms with Crippen molar-refractivity contribution in [2.75, 3.05) is 12.0 Å². The van der Waals surface area contributed by atoms with Gasteiger partial charge in [0, 0.05) is 33.2 Å². The first kappa shape index (κ1) is 23.0. The van der Waals surface area contributed by atoms with Gasteiger partial charge in [-0.15, -0.1) is 0 Å². The first-order valence-corrected chi connectivity index (χ1v) is 10.9. The SMILES string of the molecule is COc1ccc(CN2C(=O)N[C@@](c3c[nH]c4ccc(F)cc34)(C(F)(F)F)c3cc(Cl)ccc32)cc1. The van der Waals surface area contributed by atoms with Gasteiger partial charge in [-0.1, -0.05) is 23.7 Å². The maximum Gasteiger partial charge on any atom is 0.420 e. The lowest BCUT2D eigenvalue weighted by molar-refractivity contribution is -0.184. The van der Waals surface area contributed by atoms with Crippen LogP contribution in [0.15, 0.2) is 66.9 Å². The predicted molar refractivity (Wildman–Crippen MR) is 124 cm³/mol. The average molecular weight is 504 g/mol. The van der Waals surface area contributed by atoms with E-state index >= 15 is 13.2 Å². The summed E-state index contributed by atoms with van der Waals surface area (Å²) in [5.41, 5.74) is -2.56. The van der Waals surface area contributed by atoms with Crippen LogP contribution < -0.4 is 15.0 Å². The Morgan fingerprint density at radius 1 is 1.03 bits per heavy atom. The second-order valence-electron chi connectivity index (χ2n) is 8.17. The molecule has 2 amide bonds. The molecule has 180 valence electrons. The minimum atomic E-state index is -4.99. The Morgan fingerprint density at radius 3 is 2.46 bits per heavy atom. The summed E-state index contributed by atoms with van der Waals surface area (Å²) in [4.78, 5) is 17.3. The van der Waals surface area contributed by atoms with E-state index in [1.54, 1.807) is 24.3 Å². The Kier molecular flexibility index (Phi) is 5.40. The zero-order valence-electron chi connectivity index (χ0n) is 18.2. The number of benzene rings is 3. The van der Waals surface area contributed by atoms with Crippen LogP contribution >= 0.6 is 11.6 Å². The maximum absolute atomic E-state index is 15.0. The number of aromatic nitrogens is 1. The molecule has 0 unspecified atom stereocenters. The largest absolute Gasteiger partial charge is 0.497 e. The van der Waals surface area contributed by atoms with Crippen molar-refractivity contribution < 1.29 is 27.1 Å². The first-order valence-electron chi connectivity index (χ1n) is 10.5. The minimum Gasteiger partial charge on any atom is -0.497 e. The number of carbonyl (C=O) groups excluding carboxylic acids is 1. The number of H-pyrrole nitrogens is 1. The lowest BCUT2D eigenvalue weighted by Gasteiger charge is -2.44. The Morgan fingerprint density at radius 2 is 1.77 bits per heavy atom. The summed E-state index contributed by atoms with van der Waals surface area (Å²) < 4.78 is 64.2. The van der Waals surface area contributed by atoms with Crippen LogP contribution in [0.25, 0.3) is 10.9 Å². The van der Waals surface area contributed by atoms with Crippen LogP contribution in [0.2, 0.25) is 5.02 Å². The number of aromatic amines is 1. The van der Waals surface area contributed by atoms with Crippen LogP contribution in [0.3, 0.4) is 0 Å². The number of rotatable bonds is 4. The van der Waals surface area contributed by atoms with E-state index in [0.717, 1.165) is 18.3 Å². The topological polar surface area (TPSA) is 57.4 Å². The summed E-state index contributed by atoms with van der Waals surface area (Å²) in [7, 11) is 1.51. The third kappa shape index (κ3) is 3.67. The normalized spacial score (nSPS) is 17.9. The number of halogens is 5. The summed E-state index contributed by atoms with van der Waals surface area (Å²) in [5.74, 6) is -0.100. The number of carbonyl (C=O) groups is 1. The van der Waals surface area contributed by atoms with Gasteiger partial charge in [-0.2, -0.15) is 13.2 Å². The monoisotopic (exact) mass is 503 g/mol. The molecule has 2 N–H and O–H groups in total. The summed E-state index contributed by atoms with van der Waals surface area (Å²) in [5, 5.41) is 2.25. The fraction of sp³-hybridized carbons (Fsp3) is 0.160. The zero-order chi connectivity index (χ0) is 25.0. The van der Waals surface area contributed by atoms with E-state index in [9.17, 15) is 9.18 Å². The van der Waals surface area contributed by atoms with Crippen molar-refractivity contribution in [3.63, 3.8) is 0 Å². The molecule has 0 bridgehead atoms. The molecule has 2 heterocycles. The number of urea groups is 1. The third-order valence-electron chi connectivity index (χ3n) is 6.17. The number of alkyl halides is 3. The van der Waals surface area contributed by atoms with E-state index in [1.165, 1.54) is 36.3 Å². The van der Waals surface area contributed by atoms with Crippen molar-refractivity contribution in [2.45, 2.75) is 18.3 Å². The second kappa shape index (κ2) is 8.20. The fourth-order valence-corrected chi connectivity index (χ4v) is 4.68. The Bertz CT molecular complexity index is 1440. The molecule has 0 radical (unpaired) electrons. The molecule has 10 heteroatoms. The average Bonchev–Trinajstić information content (AvgIpc) is 3.23. The molecule has 1 aliphatic rings. The van der Waals surface area contributed by atoms with Gasteiger partial charge in [0.25, 0.3) is 0 Å². The number of fused-ring (bicyclic) bond motifs is 2. The summed E-state index contributed by atoms with van der Waals surface area (Å²) in [6.45, 7) is 0.000903. The molecule has 0 aliphatic carbocycles. The van der Waals surface area contributed by atoms with E-state index in [2.05, 4.69) is 10.3 Å². The van der Waals surface area contributed by atoms with Crippen molar-refractivity contribution in [1.29, 1.82) is 0 Å². The molecular weight excluding hydrogens is 486 g/mol. The number of amides is 2. The molecule has 0 spiro atoms. The molecule has 5 rings (SSSR count). The van der Waals surface area contributed by atoms with Crippen molar-refractivity contribution in [3.05, 3.63) is 94.4 Å². The van der Waals surface area contributed by atoms with Gasteiger partial charge in [0.15, 0.2) is 5.54 Å². The van der Waals surface area contributed by atoms with Crippen LogP contribution in [-0.4, -0.2) is 24.3 Å². The van der Waals surface area contributed by atoms with Crippen LogP contribution in [0.1, 0.15) is 16.7 Å². The fourth-order valence-electron chi connectivity index (χ4n) is 4.51. The Balaban J connectivity index is 1.72. The zero-order valence-corrected chi connectivity index (χ0v) is 19.0. The molecule has 5 nitrogen and oxygen atoms in total. The van der Waals surface area contributed by atoms with Crippen molar-refractivity contribution in [2.24, 2.45) is 0 Å². The molecule has 1 aromatic heterocycles. The highest BCUT2D eigenvalue weighted by Gasteiger charge is 2.62. The summed E-state index contributed by atoms with van der Waals surface area (Å²) in [6, 6.07) is 13.4. The number of ether oxygens (including phenoxy) is 1. The predicted octanol–water partition coefficient (Wildman–Crippen LogP) is 6.50. The molecule has 0 fully saturated rings. The highest BCUT2D eigenvalue weighted by Crippen LogP contribution is 2.52. The molecule has 0 saturated carbocycles. The lowest BCUT2D eigenvalue weighted by atomic mass is 9.79. The quantitative estimate of drug-likeness (QED) is 0.312. The van der Waals surface area contributed by atoms with E-state index < -0.39 is 23.6 Å². The highest BCUT2D eigenvalue weighted by atomic mass is 35.5. The van der Waals surface area contributed by atoms with Crippen LogP contribution in [-0.2, 0) is 12.1 Å². The van der Waals surface area contributed by atoms with Crippen LogP contribution in [0.4, 0.5) is 28.0 Å². The molecule has 1 aliphatic heterocycles. The van der Waals surface area contributed by atoms with E-state index in [0.29, 0.717) is 16.8 Å². The smallest absolute Gasteiger partial charge is 0.420 e. The molecular formula is C25H18ClF4N3O2. The summed E-state index contributed by atoms with van der Waals surface area (Å²) in [6.07, 6.45) is -3.85. The van der Waals surface area contributed by atoms with Gasteiger partial charge in [0.2, 0.25) is 0 Å². The molecule has 4 aromatic rings. The van der Waals surface area contributed by atoms with Crippen molar-refractivity contribution in [3.8, 4) is 5.75 Å². The van der Waals surface area contributed by atoms with Gasteiger partial charge in [0.05, 0.1) is 19.3 Å². The first-order chi connectivity index (χ1) is 16.6. The van der Waals surface area contributed by atoms with Crippen LogP contribution in [0, 0.1) is 5.82 Å². The molecule has 0 saturated heterocycles. The Labute approximate surface area is 202 Å². The lowest BCUT2D eigenvalue weighted by Crippen LogP contribution is -2.63.